The SMILES string of the molecule is OCCCCCCCOC(O)CCCCCCO. The highest BCUT2D eigenvalue weighted by Crippen LogP contribution is 2.08. The molecule has 0 aliphatic rings. The van der Waals surface area contributed by atoms with Crippen molar-refractivity contribution in [3.05, 3.63) is 0 Å². The van der Waals surface area contributed by atoms with Crippen molar-refractivity contribution in [2.45, 2.75) is 70.5 Å². The van der Waals surface area contributed by atoms with Gasteiger partial charge in [-0.15, -0.1) is 0 Å². The Hall–Kier alpha value is -0.160. The normalized spacial score (nSPS) is 12.8. The van der Waals surface area contributed by atoms with E-state index in [4.69, 9.17) is 14.9 Å². The zero-order valence-electron chi connectivity index (χ0n) is 11.5. The van der Waals surface area contributed by atoms with E-state index in [9.17, 15) is 5.11 Å². The first-order chi connectivity index (χ1) is 8.81. The molecule has 0 aliphatic heterocycles. The minimum Gasteiger partial charge on any atom is -0.396 e. The maximum Gasteiger partial charge on any atom is 0.154 e. The molecule has 0 bridgehead atoms. The molecule has 0 aromatic carbocycles. The van der Waals surface area contributed by atoms with Crippen molar-refractivity contribution in [2.24, 2.45) is 0 Å². The zero-order chi connectivity index (χ0) is 13.5. The molecule has 110 valence electrons. The Morgan fingerprint density at radius 2 is 1.17 bits per heavy atom. The number of aliphatic hydroxyl groups excluding tert-OH is 3. The summed E-state index contributed by atoms with van der Waals surface area (Å²) in [6.07, 6.45) is 9.10. The molecule has 18 heavy (non-hydrogen) atoms. The summed E-state index contributed by atoms with van der Waals surface area (Å²) in [5.41, 5.74) is 0. The van der Waals surface area contributed by atoms with Gasteiger partial charge in [0.25, 0.3) is 0 Å². The van der Waals surface area contributed by atoms with Crippen molar-refractivity contribution >= 4 is 0 Å². The number of hydrogen-bond donors (Lipinski definition) is 3. The van der Waals surface area contributed by atoms with E-state index < -0.39 is 6.29 Å². The summed E-state index contributed by atoms with van der Waals surface area (Å²) < 4.78 is 5.31. The Morgan fingerprint density at radius 3 is 1.78 bits per heavy atom. The average molecular weight is 262 g/mol. The molecule has 1 atom stereocenters. The minimum absolute atomic E-state index is 0.259. The molecular weight excluding hydrogens is 232 g/mol. The molecule has 0 aromatic rings. The molecule has 0 saturated heterocycles. The topological polar surface area (TPSA) is 69.9 Å². The van der Waals surface area contributed by atoms with Crippen LogP contribution in [0.25, 0.3) is 0 Å². The molecule has 0 rings (SSSR count). The van der Waals surface area contributed by atoms with Crippen LogP contribution in [0.1, 0.15) is 64.2 Å². The lowest BCUT2D eigenvalue weighted by atomic mass is 10.1. The second-order valence-corrected chi connectivity index (χ2v) is 4.74. The minimum atomic E-state index is -0.628. The van der Waals surface area contributed by atoms with Crippen LogP contribution >= 0.6 is 0 Å². The molecule has 0 saturated carbocycles. The van der Waals surface area contributed by atoms with Crippen molar-refractivity contribution in [2.75, 3.05) is 19.8 Å². The Labute approximate surface area is 111 Å². The number of unbranched alkanes of at least 4 members (excludes halogenated alkanes) is 7. The van der Waals surface area contributed by atoms with Gasteiger partial charge >= 0.3 is 0 Å². The summed E-state index contributed by atoms with van der Waals surface area (Å²) in [6.45, 7) is 1.16. The van der Waals surface area contributed by atoms with Crippen molar-refractivity contribution < 1.29 is 20.1 Å². The third kappa shape index (κ3) is 13.9. The van der Waals surface area contributed by atoms with Gasteiger partial charge in [0.05, 0.1) is 0 Å². The fraction of sp³-hybridized carbons (Fsp3) is 1.00. The second-order valence-electron chi connectivity index (χ2n) is 4.74. The number of rotatable bonds is 14. The smallest absolute Gasteiger partial charge is 0.154 e. The van der Waals surface area contributed by atoms with Crippen LogP contribution in [-0.2, 0) is 4.74 Å². The van der Waals surface area contributed by atoms with Crippen molar-refractivity contribution in [1.29, 1.82) is 0 Å². The van der Waals surface area contributed by atoms with E-state index in [1.807, 2.05) is 0 Å². The lowest BCUT2D eigenvalue weighted by Gasteiger charge is -2.11. The molecule has 1 unspecified atom stereocenters. The van der Waals surface area contributed by atoms with Crippen molar-refractivity contribution in [3.63, 3.8) is 0 Å². The van der Waals surface area contributed by atoms with Gasteiger partial charge < -0.3 is 20.1 Å². The van der Waals surface area contributed by atoms with Gasteiger partial charge in [-0.05, 0) is 32.1 Å². The van der Waals surface area contributed by atoms with Crippen LogP contribution in [0.5, 0.6) is 0 Å². The largest absolute Gasteiger partial charge is 0.396 e. The van der Waals surface area contributed by atoms with Gasteiger partial charge in [-0.25, -0.2) is 0 Å². The van der Waals surface area contributed by atoms with Gasteiger partial charge in [0, 0.05) is 19.8 Å². The van der Waals surface area contributed by atoms with Crippen LogP contribution < -0.4 is 0 Å². The van der Waals surface area contributed by atoms with E-state index in [0.29, 0.717) is 13.0 Å². The van der Waals surface area contributed by atoms with E-state index in [2.05, 4.69) is 0 Å². The highest BCUT2D eigenvalue weighted by Gasteiger charge is 2.03. The highest BCUT2D eigenvalue weighted by atomic mass is 16.6. The fourth-order valence-electron chi connectivity index (χ4n) is 1.83. The summed E-state index contributed by atoms with van der Waals surface area (Å²) in [5, 5.41) is 26.8. The molecule has 0 aliphatic carbocycles. The van der Waals surface area contributed by atoms with Crippen LogP contribution in [0, 0.1) is 0 Å². The third-order valence-corrected chi connectivity index (χ3v) is 2.97. The summed E-state index contributed by atoms with van der Waals surface area (Å²) in [7, 11) is 0. The second kappa shape index (κ2) is 14.9. The van der Waals surface area contributed by atoms with Gasteiger partial charge in [-0.3, -0.25) is 0 Å². The number of hydrogen-bond acceptors (Lipinski definition) is 4. The van der Waals surface area contributed by atoms with E-state index in [-0.39, 0.29) is 13.2 Å². The third-order valence-electron chi connectivity index (χ3n) is 2.97. The summed E-state index contributed by atoms with van der Waals surface area (Å²) in [5.74, 6) is 0. The Bertz CT molecular complexity index is 153. The first-order valence-corrected chi connectivity index (χ1v) is 7.32. The standard InChI is InChI=1S/C14H30O4/c15-11-7-3-1-5-9-13-18-14(17)10-6-2-4-8-12-16/h14-17H,1-13H2. The van der Waals surface area contributed by atoms with Gasteiger partial charge in [-0.2, -0.15) is 0 Å². The quantitative estimate of drug-likeness (QED) is 0.331. The molecule has 4 heteroatoms. The zero-order valence-corrected chi connectivity index (χ0v) is 11.5. The predicted octanol–water partition coefficient (Wildman–Crippen LogP) is 2.21. The van der Waals surface area contributed by atoms with Gasteiger partial charge in [0.15, 0.2) is 6.29 Å². The van der Waals surface area contributed by atoms with Gasteiger partial charge in [0.2, 0.25) is 0 Å². The predicted molar refractivity (Wildman–Crippen MR) is 72.3 cm³/mol. The van der Waals surface area contributed by atoms with Crippen LogP contribution in [0.15, 0.2) is 0 Å². The van der Waals surface area contributed by atoms with E-state index >= 15 is 0 Å². The molecule has 4 nitrogen and oxygen atoms in total. The lowest BCUT2D eigenvalue weighted by Crippen LogP contribution is -2.12. The molecule has 3 N–H and O–H groups in total. The lowest BCUT2D eigenvalue weighted by molar-refractivity contribution is -0.105. The highest BCUT2D eigenvalue weighted by molar-refractivity contribution is 4.48. The first kappa shape index (κ1) is 17.8. The number of aliphatic hydroxyl groups is 3. The van der Waals surface area contributed by atoms with Gasteiger partial charge in [-0.1, -0.05) is 32.1 Å². The van der Waals surface area contributed by atoms with Crippen LogP contribution in [0.2, 0.25) is 0 Å². The van der Waals surface area contributed by atoms with Crippen LogP contribution in [0.3, 0.4) is 0 Å². The van der Waals surface area contributed by atoms with Crippen LogP contribution in [0.4, 0.5) is 0 Å². The Morgan fingerprint density at radius 1 is 0.667 bits per heavy atom. The average Bonchev–Trinajstić information content (AvgIpc) is 2.37. The molecule has 0 fully saturated rings. The molecule has 0 amide bonds. The maximum absolute atomic E-state index is 9.54. The van der Waals surface area contributed by atoms with Gasteiger partial charge in [0.1, 0.15) is 0 Å². The van der Waals surface area contributed by atoms with Crippen molar-refractivity contribution in [1.82, 2.24) is 0 Å². The first-order valence-electron chi connectivity index (χ1n) is 7.32. The summed E-state index contributed by atoms with van der Waals surface area (Å²) in [4.78, 5) is 0. The summed E-state index contributed by atoms with van der Waals surface area (Å²) >= 11 is 0. The monoisotopic (exact) mass is 262 g/mol. The van der Waals surface area contributed by atoms with E-state index in [0.717, 1.165) is 57.8 Å². The Kier molecular flexibility index (Phi) is 14.8. The fourth-order valence-corrected chi connectivity index (χ4v) is 1.83. The molecule has 0 radical (unpaired) electrons. The Balaban J connectivity index is 3.09. The van der Waals surface area contributed by atoms with Crippen molar-refractivity contribution in [3.8, 4) is 0 Å². The molecule has 0 aromatic heterocycles. The number of ether oxygens (including phenoxy) is 1. The molecule has 0 heterocycles. The van der Waals surface area contributed by atoms with E-state index in [1.54, 1.807) is 0 Å². The van der Waals surface area contributed by atoms with E-state index in [1.165, 1.54) is 0 Å². The maximum atomic E-state index is 9.54. The summed E-state index contributed by atoms with van der Waals surface area (Å²) in [6, 6.07) is 0. The van der Waals surface area contributed by atoms with Crippen LogP contribution in [-0.4, -0.2) is 41.4 Å². The molecular formula is C14H30O4. The molecule has 0 spiro atoms.